The molecule has 0 spiro atoms. The summed E-state index contributed by atoms with van der Waals surface area (Å²) in [6, 6.07) is 0. The number of hydrogen-bond acceptors (Lipinski definition) is 6. The molecule has 6 heteroatoms. The van der Waals surface area contributed by atoms with Gasteiger partial charge in [-0.3, -0.25) is 14.4 Å². The van der Waals surface area contributed by atoms with Crippen LogP contribution in [0.4, 0.5) is 0 Å². The molecule has 364 valence electrons. The molecule has 0 saturated carbocycles. The Bertz CT molecular complexity index is 1000. The van der Waals surface area contributed by atoms with Gasteiger partial charge in [0, 0.05) is 19.3 Å². The Morgan fingerprint density at radius 1 is 0.323 bits per heavy atom. The van der Waals surface area contributed by atoms with Crippen molar-refractivity contribution in [3.05, 3.63) is 24.3 Å². The zero-order valence-corrected chi connectivity index (χ0v) is 41.7. The smallest absolute Gasteiger partial charge is 0.306 e. The fraction of sp³-hybridized carbons (Fsp3) is 0.875. The third-order valence-electron chi connectivity index (χ3n) is 12.2. The zero-order valence-electron chi connectivity index (χ0n) is 41.7. The molecular weight excluding hydrogens is 769 g/mol. The number of allylic oxidation sites excluding steroid dienone is 4. The van der Waals surface area contributed by atoms with Gasteiger partial charge in [0.1, 0.15) is 13.2 Å². The van der Waals surface area contributed by atoms with E-state index in [0.29, 0.717) is 19.3 Å². The van der Waals surface area contributed by atoms with Crippen LogP contribution >= 0.6 is 0 Å². The molecule has 0 bridgehead atoms. The molecule has 0 amide bonds. The van der Waals surface area contributed by atoms with Gasteiger partial charge in [-0.25, -0.2) is 0 Å². The fourth-order valence-electron chi connectivity index (χ4n) is 8.08. The standard InChI is InChI=1S/C56H104O6/c1-4-7-10-13-16-19-22-24-26-28-30-31-34-37-40-43-46-49-55(58)61-52-53(51-60-54(57)48-45-42-39-36-33-21-18-15-12-9-6-3)62-56(59)50-47-44-41-38-35-32-29-27-25-23-20-17-14-11-8-5-2/h27,29,32,35,53H,4-26,28,30-31,33-34,36-52H2,1-3H3/b29-27-,35-32-. The third kappa shape index (κ3) is 48.9. The van der Waals surface area contributed by atoms with Gasteiger partial charge in [-0.15, -0.1) is 0 Å². The summed E-state index contributed by atoms with van der Waals surface area (Å²) in [6.45, 7) is 6.64. The van der Waals surface area contributed by atoms with Crippen LogP contribution in [0.1, 0.15) is 297 Å². The molecule has 0 aliphatic rings. The molecule has 0 saturated heterocycles. The maximum atomic E-state index is 12.8. The first-order chi connectivity index (χ1) is 30.5. The van der Waals surface area contributed by atoms with Crippen LogP contribution < -0.4 is 0 Å². The number of unbranched alkanes of at least 4 members (excludes halogenated alkanes) is 36. The lowest BCUT2D eigenvalue weighted by Gasteiger charge is -2.18. The number of hydrogen-bond donors (Lipinski definition) is 0. The highest BCUT2D eigenvalue weighted by Crippen LogP contribution is 2.16. The number of carbonyl (C=O) groups is 3. The monoisotopic (exact) mass is 873 g/mol. The first-order valence-electron chi connectivity index (χ1n) is 27.4. The second-order valence-electron chi connectivity index (χ2n) is 18.5. The molecule has 6 nitrogen and oxygen atoms in total. The van der Waals surface area contributed by atoms with Crippen LogP contribution in [0.5, 0.6) is 0 Å². The second-order valence-corrected chi connectivity index (χ2v) is 18.5. The molecule has 0 heterocycles. The van der Waals surface area contributed by atoms with E-state index in [0.717, 1.165) is 70.6 Å². The van der Waals surface area contributed by atoms with Crippen molar-refractivity contribution in [1.82, 2.24) is 0 Å². The van der Waals surface area contributed by atoms with E-state index in [2.05, 4.69) is 45.1 Å². The summed E-state index contributed by atoms with van der Waals surface area (Å²) < 4.78 is 16.8. The van der Waals surface area contributed by atoms with Crippen LogP contribution in [-0.2, 0) is 28.6 Å². The number of esters is 3. The first-order valence-corrected chi connectivity index (χ1v) is 27.4. The van der Waals surface area contributed by atoms with Gasteiger partial charge in [-0.1, -0.05) is 257 Å². The Morgan fingerprint density at radius 3 is 0.871 bits per heavy atom. The molecule has 0 radical (unpaired) electrons. The molecule has 1 unspecified atom stereocenters. The lowest BCUT2D eigenvalue weighted by molar-refractivity contribution is -0.167. The van der Waals surface area contributed by atoms with E-state index in [1.165, 1.54) is 186 Å². The molecule has 0 aliphatic carbocycles. The molecule has 0 aromatic heterocycles. The van der Waals surface area contributed by atoms with Crippen molar-refractivity contribution in [3.63, 3.8) is 0 Å². The predicted octanol–water partition coefficient (Wildman–Crippen LogP) is 17.9. The normalized spacial score (nSPS) is 12.1. The molecular formula is C56H104O6. The van der Waals surface area contributed by atoms with E-state index in [-0.39, 0.29) is 31.1 Å². The summed E-state index contributed by atoms with van der Waals surface area (Å²) in [6.07, 6.45) is 58.8. The molecule has 0 aromatic carbocycles. The van der Waals surface area contributed by atoms with Crippen molar-refractivity contribution in [3.8, 4) is 0 Å². The zero-order chi connectivity index (χ0) is 45.1. The van der Waals surface area contributed by atoms with Crippen molar-refractivity contribution in [2.75, 3.05) is 13.2 Å². The van der Waals surface area contributed by atoms with Crippen LogP contribution in [0.15, 0.2) is 24.3 Å². The van der Waals surface area contributed by atoms with Crippen LogP contribution in [0.3, 0.4) is 0 Å². The van der Waals surface area contributed by atoms with E-state index in [4.69, 9.17) is 14.2 Å². The van der Waals surface area contributed by atoms with Crippen molar-refractivity contribution in [2.24, 2.45) is 0 Å². The van der Waals surface area contributed by atoms with Gasteiger partial charge in [0.25, 0.3) is 0 Å². The Hall–Kier alpha value is -2.11. The minimum Gasteiger partial charge on any atom is -0.462 e. The van der Waals surface area contributed by atoms with Crippen LogP contribution in [0.2, 0.25) is 0 Å². The van der Waals surface area contributed by atoms with Crippen LogP contribution in [-0.4, -0.2) is 37.2 Å². The van der Waals surface area contributed by atoms with E-state index >= 15 is 0 Å². The largest absolute Gasteiger partial charge is 0.462 e. The average molecular weight is 873 g/mol. The fourth-order valence-corrected chi connectivity index (χ4v) is 8.08. The van der Waals surface area contributed by atoms with E-state index in [1.807, 2.05) is 0 Å². The van der Waals surface area contributed by atoms with Crippen LogP contribution in [0, 0.1) is 0 Å². The van der Waals surface area contributed by atoms with Crippen molar-refractivity contribution >= 4 is 17.9 Å². The Balaban J connectivity index is 4.34. The lowest BCUT2D eigenvalue weighted by atomic mass is 10.0. The molecule has 0 fully saturated rings. The summed E-state index contributed by atoms with van der Waals surface area (Å²) in [5.41, 5.74) is 0. The van der Waals surface area contributed by atoms with Gasteiger partial charge in [-0.05, 0) is 44.9 Å². The van der Waals surface area contributed by atoms with Gasteiger partial charge in [0.2, 0.25) is 0 Å². The van der Waals surface area contributed by atoms with Crippen molar-refractivity contribution < 1.29 is 28.6 Å². The van der Waals surface area contributed by atoms with Crippen LogP contribution in [0.25, 0.3) is 0 Å². The summed E-state index contributed by atoms with van der Waals surface area (Å²) in [7, 11) is 0. The van der Waals surface area contributed by atoms with Gasteiger partial charge >= 0.3 is 17.9 Å². The maximum absolute atomic E-state index is 12.8. The van der Waals surface area contributed by atoms with Crippen molar-refractivity contribution in [1.29, 1.82) is 0 Å². The quantitative estimate of drug-likeness (QED) is 0.0262. The molecule has 0 N–H and O–H groups in total. The molecule has 62 heavy (non-hydrogen) atoms. The molecule has 1 atom stereocenters. The SMILES string of the molecule is CCCCCCCCC/C=C\C=C/CCCCCC(=O)OC(COC(=O)CCCCCCCCCCCCC)COC(=O)CCCCCCCCCCCCCCCCCCC. The topological polar surface area (TPSA) is 78.9 Å². The maximum Gasteiger partial charge on any atom is 0.306 e. The van der Waals surface area contributed by atoms with E-state index in [1.54, 1.807) is 0 Å². The van der Waals surface area contributed by atoms with Gasteiger partial charge in [0.05, 0.1) is 0 Å². The number of rotatable bonds is 50. The summed E-state index contributed by atoms with van der Waals surface area (Å²) >= 11 is 0. The lowest BCUT2D eigenvalue weighted by Crippen LogP contribution is -2.30. The third-order valence-corrected chi connectivity index (χ3v) is 12.2. The van der Waals surface area contributed by atoms with E-state index < -0.39 is 6.10 Å². The summed E-state index contributed by atoms with van der Waals surface area (Å²) in [4.78, 5) is 38.0. The predicted molar refractivity (Wildman–Crippen MR) is 266 cm³/mol. The molecule has 0 aliphatic heterocycles. The Morgan fingerprint density at radius 2 is 0.565 bits per heavy atom. The average Bonchev–Trinajstić information content (AvgIpc) is 3.27. The van der Waals surface area contributed by atoms with Gasteiger partial charge < -0.3 is 14.2 Å². The van der Waals surface area contributed by atoms with E-state index in [9.17, 15) is 14.4 Å². The molecule has 0 aromatic rings. The highest BCUT2D eigenvalue weighted by atomic mass is 16.6. The Kier molecular flexibility index (Phi) is 49.8. The number of carbonyl (C=O) groups excluding carboxylic acids is 3. The Labute approximate surface area is 385 Å². The number of ether oxygens (including phenoxy) is 3. The minimum atomic E-state index is -0.779. The second kappa shape index (κ2) is 51.5. The first kappa shape index (κ1) is 59.9. The molecule has 0 rings (SSSR count). The van der Waals surface area contributed by atoms with Crippen molar-refractivity contribution in [2.45, 2.75) is 303 Å². The minimum absolute atomic E-state index is 0.0769. The summed E-state index contributed by atoms with van der Waals surface area (Å²) in [5.74, 6) is -0.887. The summed E-state index contributed by atoms with van der Waals surface area (Å²) in [5, 5.41) is 0. The van der Waals surface area contributed by atoms with Gasteiger partial charge in [0.15, 0.2) is 6.10 Å². The highest BCUT2D eigenvalue weighted by Gasteiger charge is 2.19. The van der Waals surface area contributed by atoms with Gasteiger partial charge in [-0.2, -0.15) is 0 Å². The highest BCUT2D eigenvalue weighted by molar-refractivity contribution is 5.71.